The van der Waals surface area contributed by atoms with Crippen LogP contribution in [0, 0.1) is 5.82 Å². The molecule has 0 aromatic heterocycles. The van der Waals surface area contributed by atoms with Gasteiger partial charge in [-0.1, -0.05) is 11.6 Å². The van der Waals surface area contributed by atoms with Crippen molar-refractivity contribution in [1.29, 1.82) is 0 Å². The molecule has 0 unspecified atom stereocenters. The lowest BCUT2D eigenvalue weighted by Gasteiger charge is -2.00. The van der Waals surface area contributed by atoms with Crippen LogP contribution in [0.15, 0.2) is 12.1 Å². The van der Waals surface area contributed by atoms with Gasteiger partial charge in [0.05, 0.1) is 6.61 Å². The van der Waals surface area contributed by atoms with Crippen LogP contribution in [0.25, 0.3) is 0 Å². The van der Waals surface area contributed by atoms with E-state index in [1.807, 2.05) is 0 Å². The second-order valence-corrected chi connectivity index (χ2v) is 2.45. The quantitative estimate of drug-likeness (QED) is 0.684. The molecule has 0 aliphatic rings. The molecular weight excluding hydrogens is 171 g/mol. The maximum atomic E-state index is 12.6. The van der Waals surface area contributed by atoms with E-state index in [1.165, 1.54) is 6.07 Å². The van der Waals surface area contributed by atoms with E-state index in [0.717, 1.165) is 6.07 Å². The van der Waals surface area contributed by atoms with Crippen LogP contribution < -0.4 is 0 Å². The number of aliphatic hydroxyl groups is 1. The van der Waals surface area contributed by atoms with E-state index in [4.69, 9.17) is 21.8 Å². The van der Waals surface area contributed by atoms with Gasteiger partial charge >= 0.3 is 0 Å². The van der Waals surface area contributed by atoms with Gasteiger partial charge in [0.15, 0.2) is 0 Å². The number of aliphatic hydroxyl groups excluding tert-OH is 1. The number of phenols is 1. The number of benzene rings is 1. The van der Waals surface area contributed by atoms with Gasteiger partial charge < -0.3 is 10.2 Å². The molecule has 0 aliphatic carbocycles. The minimum Gasteiger partial charge on any atom is -0.506 e. The Bertz CT molecular complexity index is 252. The molecule has 0 amide bonds. The molecule has 11 heavy (non-hydrogen) atoms. The van der Waals surface area contributed by atoms with E-state index in [1.54, 1.807) is 0 Å². The molecule has 0 atom stereocenters. The largest absolute Gasteiger partial charge is 0.506 e. The van der Waals surface area contributed by atoms with Gasteiger partial charge in [-0.05, 0) is 17.7 Å². The van der Waals surface area contributed by atoms with Crippen molar-refractivity contribution in [3.8, 4) is 5.75 Å². The van der Waals surface area contributed by atoms with Crippen LogP contribution >= 0.6 is 11.6 Å². The summed E-state index contributed by atoms with van der Waals surface area (Å²) in [4.78, 5) is 0. The Morgan fingerprint density at radius 2 is 2.09 bits per heavy atom. The normalized spacial score (nSPS) is 10.1. The third-order valence-corrected chi connectivity index (χ3v) is 1.63. The van der Waals surface area contributed by atoms with Crippen LogP contribution in [0.1, 0.15) is 5.56 Å². The fourth-order valence-electron chi connectivity index (χ4n) is 0.720. The van der Waals surface area contributed by atoms with E-state index in [9.17, 15) is 4.39 Å². The lowest BCUT2D eigenvalue weighted by molar-refractivity contribution is 0.280. The van der Waals surface area contributed by atoms with Gasteiger partial charge in [0.25, 0.3) is 0 Å². The summed E-state index contributed by atoms with van der Waals surface area (Å²) in [5, 5.41) is 17.2. The minimum atomic E-state index is -0.726. The molecule has 60 valence electrons. The number of phenolic OH excluding ortho intramolecular Hbond substituents is 1. The van der Waals surface area contributed by atoms with Crippen LogP contribution in [-0.4, -0.2) is 10.2 Å². The summed E-state index contributed by atoms with van der Waals surface area (Å²) in [5.41, 5.74) is 0.296. The molecule has 0 radical (unpaired) electrons. The zero-order valence-corrected chi connectivity index (χ0v) is 6.27. The Morgan fingerprint density at radius 1 is 1.45 bits per heavy atom. The highest BCUT2D eigenvalue weighted by Crippen LogP contribution is 2.27. The maximum absolute atomic E-state index is 12.6. The molecule has 0 fully saturated rings. The highest BCUT2D eigenvalue weighted by molar-refractivity contribution is 6.32. The fourth-order valence-corrected chi connectivity index (χ4v) is 0.830. The Labute approximate surface area is 67.9 Å². The first-order valence-corrected chi connectivity index (χ1v) is 3.30. The van der Waals surface area contributed by atoms with Crippen molar-refractivity contribution in [2.75, 3.05) is 0 Å². The van der Waals surface area contributed by atoms with Gasteiger partial charge in [0.1, 0.15) is 16.6 Å². The summed E-state index contributed by atoms with van der Waals surface area (Å²) in [7, 11) is 0. The van der Waals surface area contributed by atoms with Crippen LogP contribution in [0.2, 0.25) is 5.02 Å². The van der Waals surface area contributed by atoms with Gasteiger partial charge in [-0.25, -0.2) is 4.39 Å². The van der Waals surface area contributed by atoms with Gasteiger partial charge in [0, 0.05) is 0 Å². The van der Waals surface area contributed by atoms with Gasteiger partial charge in [-0.2, -0.15) is 0 Å². The summed E-state index contributed by atoms with van der Waals surface area (Å²) in [6.07, 6.45) is 0. The van der Waals surface area contributed by atoms with Crippen molar-refractivity contribution in [2.24, 2.45) is 0 Å². The highest BCUT2D eigenvalue weighted by atomic mass is 35.5. The molecular formula is C7H6ClFO2. The molecule has 1 aromatic rings. The smallest absolute Gasteiger partial charge is 0.145 e. The number of hydrogen-bond donors (Lipinski definition) is 2. The number of rotatable bonds is 1. The van der Waals surface area contributed by atoms with Crippen LogP contribution in [0.3, 0.4) is 0 Å². The molecule has 1 aromatic carbocycles. The molecule has 0 heterocycles. The number of aromatic hydroxyl groups is 1. The Hall–Kier alpha value is -0.800. The minimum absolute atomic E-state index is 0.296. The van der Waals surface area contributed by atoms with Crippen molar-refractivity contribution in [2.45, 2.75) is 6.61 Å². The number of hydrogen-bond acceptors (Lipinski definition) is 2. The summed E-state index contributed by atoms with van der Waals surface area (Å²) < 4.78 is 12.6. The van der Waals surface area contributed by atoms with Crippen molar-refractivity contribution >= 4 is 11.6 Å². The summed E-state index contributed by atoms with van der Waals surface area (Å²) in [6, 6.07) is 2.29. The molecule has 0 spiro atoms. The predicted molar refractivity (Wildman–Crippen MR) is 39.0 cm³/mol. The molecule has 1 rings (SSSR count). The standard InChI is InChI=1S/C7H6ClFO2/c8-7-5(9)1-4(3-10)2-6(7)11/h1-2,10-11H,3H2. The number of halogens is 2. The van der Waals surface area contributed by atoms with E-state index in [0.29, 0.717) is 5.56 Å². The average Bonchev–Trinajstić information content (AvgIpc) is 1.99. The third-order valence-electron chi connectivity index (χ3n) is 1.25. The van der Waals surface area contributed by atoms with Crippen molar-refractivity contribution in [3.05, 3.63) is 28.5 Å². The molecule has 0 saturated heterocycles. The van der Waals surface area contributed by atoms with Crippen molar-refractivity contribution in [1.82, 2.24) is 0 Å². The first-order valence-electron chi connectivity index (χ1n) is 2.93. The van der Waals surface area contributed by atoms with Crippen LogP contribution in [0.4, 0.5) is 4.39 Å². The zero-order valence-electron chi connectivity index (χ0n) is 5.51. The molecule has 0 bridgehead atoms. The topological polar surface area (TPSA) is 40.5 Å². The van der Waals surface area contributed by atoms with Crippen LogP contribution in [0.5, 0.6) is 5.75 Å². The lowest BCUT2D eigenvalue weighted by atomic mass is 10.2. The Balaban J connectivity index is 3.21. The Kier molecular flexibility index (Phi) is 2.31. The SMILES string of the molecule is OCc1cc(O)c(Cl)c(F)c1. The Morgan fingerprint density at radius 3 is 2.55 bits per heavy atom. The van der Waals surface area contributed by atoms with E-state index < -0.39 is 5.82 Å². The summed E-state index contributed by atoms with van der Waals surface area (Å²) >= 11 is 5.30. The predicted octanol–water partition coefficient (Wildman–Crippen LogP) is 1.68. The molecule has 4 heteroatoms. The van der Waals surface area contributed by atoms with Gasteiger partial charge in [-0.15, -0.1) is 0 Å². The molecule has 2 nitrogen and oxygen atoms in total. The third kappa shape index (κ3) is 1.61. The average molecular weight is 177 g/mol. The van der Waals surface area contributed by atoms with E-state index in [-0.39, 0.29) is 17.4 Å². The van der Waals surface area contributed by atoms with E-state index in [2.05, 4.69) is 0 Å². The second kappa shape index (κ2) is 3.07. The lowest BCUT2D eigenvalue weighted by Crippen LogP contribution is -1.86. The van der Waals surface area contributed by atoms with Crippen molar-refractivity contribution in [3.63, 3.8) is 0 Å². The fraction of sp³-hybridized carbons (Fsp3) is 0.143. The van der Waals surface area contributed by atoms with Gasteiger partial charge in [0.2, 0.25) is 0 Å². The first kappa shape index (κ1) is 8.30. The summed E-state index contributed by atoms with van der Waals surface area (Å²) in [5.74, 6) is -1.08. The second-order valence-electron chi connectivity index (χ2n) is 2.07. The molecule has 0 aliphatic heterocycles. The monoisotopic (exact) mass is 176 g/mol. The van der Waals surface area contributed by atoms with E-state index >= 15 is 0 Å². The van der Waals surface area contributed by atoms with Crippen LogP contribution in [-0.2, 0) is 6.61 Å². The highest BCUT2D eigenvalue weighted by Gasteiger charge is 2.06. The molecule has 0 saturated carbocycles. The van der Waals surface area contributed by atoms with Crippen molar-refractivity contribution < 1.29 is 14.6 Å². The summed E-state index contributed by atoms with van der Waals surface area (Å²) in [6.45, 7) is -0.318. The molecule has 2 N–H and O–H groups in total. The maximum Gasteiger partial charge on any atom is 0.145 e. The zero-order chi connectivity index (χ0) is 8.43. The first-order chi connectivity index (χ1) is 5.15. The van der Waals surface area contributed by atoms with Gasteiger partial charge in [-0.3, -0.25) is 0 Å².